The third-order valence-electron chi connectivity index (χ3n) is 0.699. The molecule has 19 heteroatoms. The van der Waals surface area contributed by atoms with Crippen LogP contribution in [-0.2, 0) is 0 Å². The fourth-order valence-electron chi connectivity index (χ4n) is 0.305. The molecule has 19 heavy (non-hydrogen) atoms. The summed E-state index contributed by atoms with van der Waals surface area (Å²) in [5, 5.41) is 0. The van der Waals surface area contributed by atoms with Gasteiger partial charge in [-0.1, -0.05) is 6.23 Å². The molecule has 0 rings (SSSR count). The van der Waals surface area contributed by atoms with Gasteiger partial charge >= 0.3 is 0 Å². The SMILES string of the molecule is ClSNSNSN(SCl)SN(SCl)SNSNSCl. The summed E-state index contributed by atoms with van der Waals surface area (Å²) in [7, 11) is 22.2. The summed E-state index contributed by atoms with van der Waals surface area (Å²) in [4.78, 5) is 0. The van der Waals surface area contributed by atoms with Crippen LogP contribution in [0.25, 0.3) is 0 Å². The Morgan fingerprint density at radius 3 is 1.37 bits per heavy atom. The topological polar surface area (TPSA) is 54.6 Å². The van der Waals surface area contributed by atoms with Gasteiger partial charge in [-0.05, 0) is 42.7 Å². The zero-order valence-corrected chi connectivity index (χ0v) is 18.5. The second-order valence-electron chi connectivity index (χ2n) is 1.54. The number of halogens is 4. The summed E-state index contributed by atoms with van der Waals surface area (Å²) in [6.45, 7) is 0. The van der Waals surface area contributed by atoms with Crippen LogP contribution in [-0.4, -0.2) is 6.23 Å². The molecule has 0 spiro atoms. The lowest BCUT2D eigenvalue weighted by Gasteiger charge is -2.20. The molecule has 0 aliphatic heterocycles. The Morgan fingerprint density at radius 2 is 1.05 bits per heavy atom. The van der Waals surface area contributed by atoms with E-state index >= 15 is 0 Å². The second kappa shape index (κ2) is 18.4. The van der Waals surface area contributed by atoms with Crippen LogP contribution in [0.4, 0.5) is 0 Å². The van der Waals surface area contributed by atoms with E-state index in [2.05, 4.69) is 16.5 Å². The minimum Gasteiger partial charge on any atom is -0.180 e. The quantitative estimate of drug-likeness (QED) is 0.161. The zero-order chi connectivity index (χ0) is 14.3. The van der Waals surface area contributed by atoms with E-state index in [1.165, 1.54) is 60.7 Å². The Kier molecular flexibility index (Phi) is 22.4. The van der Waals surface area contributed by atoms with Crippen LogP contribution in [0.5, 0.6) is 0 Å². The molecule has 0 aliphatic carbocycles. The lowest BCUT2D eigenvalue weighted by Crippen LogP contribution is -2.11. The maximum Gasteiger partial charge on any atom is 0.0583 e. The van der Waals surface area contributed by atoms with Gasteiger partial charge in [0, 0.05) is 70.9 Å². The maximum atomic E-state index is 5.72. The Bertz CT molecular complexity index is 172. The van der Waals surface area contributed by atoms with Crippen molar-refractivity contribution in [1.82, 2.24) is 22.7 Å². The highest BCUT2D eigenvalue weighted by atomic mass is 35.7. The number of hydrogen-bond acceptors (Lipinski definition) is 15. The highest BCUT2D eigenvalue weighted by Crippen LogP contribution is 2.42. The average Bonchev–Trinajstić information content (AvgIpc) is 2.44. The Labute approximate surface area is 168 Å². The van der Waals surface area contributed by atoms with E-state index < -0.39 is 0 Å². The number of nitrogens with one attached hydrogen (secondary N) is 4. The predicted molar refractivity (Wildman–Crippen MR) is 108 cm³/mol. The van der Waals surface area contributed by atoms with E-state index in [0.717, 1.165) is 44.6 Å². The van der Waals surface area contributed by atoms with Gasteiger partial charge in [-0.2, -0.15) is 16.5 Å². The molecule has 0 amide bonds. The van der Waals surface area contributed by atoms with Crippen LogP contribution in [0, 0.1) is 0 Å². The lowest BCUT2D eigenvalue weighted by molar-refractivity contribution is 1.17. The summed E-state index contributed by atoms with van der Waals surface area (Å²) in [6.07, 6.45) is 0. The summed E-state index contributed by atoms with van der Waals surface area (Å²) in [6, 6.07) is 0. The van der Waals surface area contributed by atoms with Gasteiger partial charge in [-0.15, -0.1) is 0 Å². The van der Waals surface area contributed by atoms with E-state index in [0.29, 0.717) is 0 Å². The largest absolute Gasteiger partial charge is 0.180 e. The van der Waals surface area contributed by atoms with Crippen molar-refractivity contribution in [3.8, 4) is 0 Å². The maximum absolute atomic E-state index is 5.72. The van der Waals surface area contributed by atoms with Crippen molar-refractivity contribution in [3.05, 3.63) is 0 Å². The number of hydrogen-bond donors (Lipinski definition) is 4. The van der Waals surface area contributed by atoms with E-state index in [-0.39, 0.29) is 0 Å². The Hall–Kier alpha value is 4.07. The van der Waals surface area contributed by atoms with Crippen LogP contribution in [0.2, 0.25) is 0 Å². The highest BCUT2D eigenvalue weighted by Gasteiger charge is 2.15. The van der Waals surface area contributed by atoms with Gasteiger partial charge in [-0.3, -0.25) is 0 Å². The van der Waals surface area contributed by atoms with E-state index in [4.69, 9.17) is 42.7 Å². The molecule has 0 heterocycles. The lowest BCUT2D eigenvalue weighted by atomic mass is 13.8. The van der Waals surface area contributed by atoms with Crippen LogP contribution < -0.4 is 16.5 Å². The second-order valence-corrected chi connectivity index (χ2v) is 11.1. The standard InChI is InChI=1S/Cl4H4N6S9/c1-11-5-15-7-17-9(13-3)19-10(14-4)18-8-16-6-12-2/h5-8H. The minimum atomic E-state index is 0.967. The normalized spacial score (nSPS) is 11.7. The van der Waals surface area contributed by atoms with Crippen molar-refractivity contribution in [2.24, 2.45) is 0 Å². The molecule has 0 aromatic carbocycles. The fraction of sp³-hybridized carbons (Fsp3) is 0. The van der Waals surface area contributed by atoms with E-state index in [9.17, 15) is 0 Å². The predicted octanol–water partition coefficient (Wildman–Crippen LogP) is 5.97. The van der Waals surface area contributed by atoms with Gasteiger partial charge in [0.05, 0.1) is 34.5 Å². The smallest absolute Gasteiger partial charge is 0.0583 e. The molecule has 0 saturated carbocycles. The molecule has 0 unspecified atom stereocenters. The molecule has 0 aromatic heterocycles. The van der Waals surface area contributed by atoms with Gasteiger partial charge in [-0.25, -0.2) is 0 Å². The van der Waals surface area contributed by atoms with Crippen LogP contribution >= 0.6 is 148 Å². The molecule has 0 aromatic rings. The van der Waals surface area contributed by atoms with E-state index in [1.54, 1.807) is 6.23 Å². The van der Waals surface area contributed by atoms with Crippen molar-refractivity contribution in [2.45, 2.75) is 0 Å². The summed E-state index contributed by atoms with van der Waals surface area (Å²) in [5.41, 5.74) is 0. The van der Waals surface area contributed by atoms with Gasteiger partial charge in [0.1, 0.15) is 0 Å². The third-order valence-corrected chi connectivity index (χ3v) is 9.46. The Balaban J connectivity index is 3.76. The molecule has 4 N–H and O–H groups in total. The average molecular weight is 518 g/mol. The molecule has 6 nitrogen and oxygen atoms in total. The molecule has 0 aliphatic rings. The van der Waals surface area contributed by atoms with Crippen LogP contribution in [0.15, 0.2) is 0 Å². The first kappa shape index (κ1) is 23.1. The molecule has 0 fully saturated rings. The first-order valence-corrected chi connectivity index (χ1v) is 13.7. The van der Waals surface area contributed by atoms with Crippen LogP contribution in [0.3, 0.4) is 0 Å². The van der Waals surface area contributed by atoms with E-state index in [1.807, 2.05) is 0 Å². The molecular weight excluding hydrogens is 514 g/mol. The molecule has 0 atom stereocenters. The molecule has 0 bridgehead atoms. The zero-order valence-electron chi connectivity index (χ0n) is 8.08. The summed E-state index contributed by atoms with van der Waals surface area (Å²) in [5.74, 6) is 0. The van der Waals surface area contributed by atoms with Crippen molar-refractivity contribution in [3.63, 3.8) is 0 Å². The van der Waals surface area contributed by atoms with Gasteiger partial charge in [0.15, 0.2) is 0 Å². The molecule has 0 radical (unpaired) electrons. The van der Waals surface area contributed by atoms with Gasteiger partial charge < -0.3 is 0 Å². The fourth-order valence-corrected chi connectivity index (χ4v) is 6.96. The molecular formula is H4Cl4N6S9. The monoisotopic (exact) mass is 516 g/mol. The first-order valence-electron chi connectivity index (χ1n) is 3.35. The minimum absolute atomic E-state index is 0.967. The molecule has 0 saturated heterocycles. The molecule has 116 valence electrons. The number of rotatable bonds is 14. The van der Waals surface area contributed by atoms with Crippen molar-refractivity contribution in [1.29, 1.82) is 0 Å². The van der Waals surface area contributed by atoms with Gasteiger partial charge in [0.2, 0.25) is 0 Å². The first-order chi connectivity index (χ1) is 9.28. The van der Waals surface area contributed by atoms with Crippen molar-refractivity contribution in [2.75, 3.05) is 0 Å². The van der Waals surface area contributed by atoms with Crippen molar-refractivity contribution >= 4 is 148 Å². The van der Waals surface area contributed by atoms with Crippen LogP contribution in [0.1, 0.15) is 0 Å². The summed E-state index contributed by atoms with van der Waals surface area (Å²) >= 11 is 10.1. The Morgan fingerprint density at radius 1 is 0.632 bits per heavy atom. The summed E-state index contributed by atoms with van der Waals surface area (Å²) < 4.78 is 14.6. The van der Waals surface area contributed by atoms with Gasteiger partial charge in [0.25, 0.3) is 0 Å². The number of nitrogens with zero attached hydrogens (tertiary/aromatic N) is 2. The third kappa shape index (κ3) is 15.3. The van der Waals surface area contributed by atoms with Crippen molar-refractivity contribution < 1.29 is 0 Å². The highest BCUT2D eigenvalue weighted by molar-refractivity contribution is 8.41.